The van der Waals surface area contributed by atoms with Crippen molar-refractivity contribution in [3.8, 4) is 0 Å². The number of hydrogen-bond acceptors (Lipinski definition) is 5. The van der Waals surface area contributed by atoms with E-state index in [2.05, 4.69) is 61.5 Å². The van der Waals surface area contributed by atoms with E-state index < -0.39 is 0 Å². The van der Waals surface area contributed by atoms with Crippen molar-refractivity contribution in [3.05, 3.63) is 42.7 Å². The number of piperazine rings is 1. The van der Waals surface area contributed by atoms with Crippen LogP contribution in [0.1, 0.15) is 12.8 Å². The van der Waals surface area contributed by atoms with Crippen molar-refractivity contribution in [2.45, 2.75) is 18.9 Å². The number of anilines is 3. The fraction of sp³-hybridized carbons (Fsp3) is 0.412. The van der Waals surface area contributed by atoms with Crippen molar-refractivity contribution in [1.29, 1.82) is 0 Å². The van der Waals surface area contributed by atoms with Crippen LogP contribution in [0.3, 0.4) is 0 Å². The van der Waals surface area contributed by atoms with Gasteiger partial charge in [-0.25, -0.2) is 9.97 Å². The lowest BCUT2D eigenvalue weighted by atomic mass is 10.2. The second-order valence-electron chi connectivity index (χ2n) is 5.99. The molecule has 2 aliphatic rings. The van der Waals surface area contributed by atoms with E-state index in [1.807, 2.05) is 0 Å². The van der Waals surface area contributed by atoms with E-state index in [-0.39, 0.29) is 0 Å². The number of nitrogens with one attached hydrogen (secondary N) is 1. The fourth-order valence-electron chi connectivity index (χ4n) is 2.87. The largest absolute Gasteiger partial charge is 0.368 e. The van der Waals surface area contributed by atoms with Gasteiger partial charge in [0.15, 0.2) is 0 Å². The zero-order chi connectivity index (χ0) is 14.8. The van der Waals surface area contributed by atoms with Crippen molar-refractivity contribution in [2.24, 2.45) is 0 Å². The summed E-state index contributed by atoms with van der Waals surface area (Å²) in [5, 5.41) is 3.44. The number of para-hydroxylation sites is 1. The van der Waals surface area contributed by atoms with Crippen LogP contribution >= 0.6 is 0 Å². The summed E-state index contributed by atoms with van der Waals surface area (Å²) in [6, 6.07) is 13.3. The first kappa shape index (κ1) is 13.4. The van der Waals surface area contributed by atoms with Gasteiger partial charge in [0.1, 0.15) is 18.0 Å². The van der Waals surface area contributed by atoms with Gasteiger partial charge in [0.05, 0.1) is 0 Å². The van der Waals surface area contributed by atoms with E-state index in [1.54, 1.807) is 6.33 Å². The number of rotatable bonds is 4. The predicted octanol–water partition coefficient (Wildman–Crippen LogP) is 2.38. The molecular weight excluding hydrogens is 274 g/mol. The van der Waals surface area contributed by atoms with Gasteiger partial charge in [-0.2, -0.15) is 0 Å². The van der Waals surface area contributed by atoms with E-state index in [4.69, 9.17) is 0 Å². The summed E-state index contributed by atoms with van der Waals surface area (Å²) in [5.41, 5.74) is 1.31. The second kappa shape index (κ2) is 5.83. The van der Waals surface area contributed by atoms with Gasteiger partial charge >= 0.3 is 0 Å². The van der Waals surface area contributed by atoms with Gasteiger partial charge in [-0.05, 0) is 25.0 Å². The highest BCUT2D eigenvalue weighted by Gasteiger charge is 2.22. The zero-order valence-electron chi connectivity index (χ0n) is 12.7. The molecule has 114 valence electrons. The van der Waals surface area contributed by atoms with Crippen LogP contribution in [-0.2, 0) is 0 Å². The molecule has 1 aliphatic heterocycles. The second-order valence-corrected chi connectivity index (χ2v) is 5.99. The Morgan fingerprint density at radius 2 is 1.64 bits per heavy atom. The van der Waals surface area contributed by atoms with Gasteiger partial charge in [0.2, 0.25) is 0 Å². The van der Waals surface area contributed by atoms with Crippen LogP contribution in [0.25, 0.3) is 0 Å². The molecule has 5 heteroatoms. The summed E-state index contributed by atoms with van der Waals surface area (Å²) < 4.78 is 0. The standard InChI is InChI=1S/C17H21N5/c1-2-4-15(5-3-1)21-8-10-22(11-9-21)17-12-16(18-13-19-17)20-14-6-7-14/h1-5,12-14H,6-11H2,(H,18,19,20). The molecule has 2 fully saturated rings. The summed E-state index contributed by atoms with van der Waals surface area (Å²) in [4.78, 5) is 13.5. The van der Waals surface area contributed by atoms with Crippen LogP contribution in [0.2, 0.25) is 0 Å². The van der Waals surface area contributed by atoms with Crippen molar-refractivity contribution in [2.75, 3.05) is 41.3 Å². The van der Waals surface area contributed by atoms with Crippen LogP contribution in [0, 0.1) is 0 Å². The zero-order valence-corrected chi connectivity index (χ0v) is 12.7. The van der Waals surface area contributed by atoms with E-state index in [1.165, 1.54) is 18.5 Å². The minimum Gasteiger partial charge on any atom is -0.368 e. The maximum absolute atomic E-state index is 4.44. The van der Waals surface area contributed by atoms with Gasteiger partial charge in [-0.1, -0.05) is 18.2 Å². The minimum absolute atomic E-state index is 0.623. The SMILES string of the molecule is c1ccc(N2CCN(c3cc(NC4CC4)ncn3)CC2)cc1. The molecule has 2 heterocycles. The normalized spacial score (nSPS) is 18.4. The first-order valence-electron chi connectivity index (χ1n) is 8.02. The number of benzene rings is 1. The summed E-state index contributed by atoms with van der Waals surface area (Å²) in [6.07, 6.45) is 4.19. The molecule has 0 spiro atoms. The Hall–Kier alpha value is -2.30. The lowest BCUT2D eigenvalue weighted by molar-refractivity contribution is 0.647. The molecule has 1 saturated carbocycles. The molecule has 0 radical (unpaired) electrons. The van der Waals surface area contributed by atoms with E-state index in [0.29, 0.717) is 6.04 Å². The van der Waals surface area contributed by atoms with E-state index >= 15 is 0 Å². The van der Waals surface area contributed by atoms with Gasteiger partial charge in [0, 0.05) is 44.0 Å². The number of nitrogens with zero attached hydrogens (tertiary/aromatic N) is 4. The molecule has 5 nitrogen and oxygen atoms in total. The third-order valence-corrected chi connectivity index (χ3v) is 4.31. The topological polar surface area (TPSA) is 44.3 Å². The van der Waals surface area contributed by atoms with Crippen LogP contribution < -0.4 is 15.1 Å². The molecule has 0 amide bonds. The highest BCUT2D eigenvalue weighted by Crippen LogP contribution is 2.25. The first-order valence-corrected chi connectivity index (χ1v) is 8.02. The summed E-state index contributed by atoms with van der Waals surface area (Å²) >= 11 is 0. The van der Waals surface area contributed by atoms with Gasteiger partial charge < -0.3 is 15.1 Å². The summed E-state index contributed by atoms with van der Waals surface area (Å²) in [7, 11) is 0. The highest BCUT2D eigenvalue weighted by atomic mass is 15.3. The molecule has 1 saturated heterocycles. The molecule has 0 bridgehead atoms. The van der Waals surface area contributed by atoms with E-state index in [9.17, 15) is 0 Å². The third-order valence-electron chi connectivity index (χ3n) is 4.31. The van der Waals surface area contributed by atoms with Gasteiger partial charge in [-0.15, -0.1) is 0 Å². The number of hydrogen-bond donors (Lipinski definition) is 1. The maximum Gasteiger partial charge on any atom is 0.134 e. The molecule has 1 aromatic carbocycles. The van der Waals surface area contributed by atoms with Crippen LogP contribution in [0.15, 0.2) is 42.7 Å². The van der Waals surface area contributed by atoms with Crippen LogP contribution in [-0.4, -0.2) is 42.2 Å². The summed E-state index contributed by atoms with van der Waals surface area (Å²) in [6.45, 7) is 4.04. The van der Waals surface area contributed by atoms with Gasteiger partial charge in [0.25, 0.3) is 0 Å². The van der Waals surface area contributed by atoms with Gasteiger partial charge in [-0.3, -0.25) is 0 Å². The molecule has 1 aromatic heterocycles. The molecule has 0 atom stereocenters. The Bertz CT molecular complexity index is 618. The smallest absolute Gasteiger partial charge is 0.134 e. The molecular formula is C17H21N5. The average molecular weight is 295 g/mol. The Morgan fingerprint density at radius 3 is 2.36 bits per heavy atom. The Kier molecular flexibility index (Phi) is 3.54. The average Bonchev–Trinajstić information content (AvgIpc) is 3.40. The van der Waals surface area contributed by atoms with Crippen molar-refractivity contribution in [1.82, 2.24) is 9.97 Å². The van der Waals surface area contributed by atoms with Crippen molar-refractivity contribution in [3.63, 3.8) is 0 Å². The van der Waals surface area contributed by atoms with E-state index in [0.717, 1.165) is 37.8 Å². The Balaban J connectivity index is 1.40. The quantitative estimate of drug-likeness (QED) is 0.938. The van der Waals surface area contributed by atoms with Crippen molar-refractivity contribution >= 4 is 17.3 Å². The predicted molar refractivity (Wildman–Crippen MR) is 89.5 cm³/mol. The Labute approximate surface area is 131 Å². The molecule has 0 unspecified atom stereocenters. The maximum atomic E-state index is 4.44. The van der Waals surface area contributed by atoms with Crippen LogP contribution in [0.5, 0.6) is 0 Å². The molecule has 2 aromatic rings. The molecule has 1 aliphatic carbocycles. The Morgan fingerprint density at radius 1 is 0.909 bits per heavy atom. The van der Waals surface area contributed by atoms with Crippen LogP contribution in [0.4, 0.5) is 17.3 Å². The van der Waals surface area contributed by atoms with Crippen molar-refractivity contribution < 1.29 is 0 Å². The lowest BCUT2D eigenvalue weighted by Crippen LogP contribution is -2.46. The molecule has 22 heavy (non-hydrogen) atoms. The number of aromatic nitrogens is 2. The monoisotopic (exact) mass is 295 g/mol. The minimum atomic E-state index is 0.623. The first-order chi connectivity index (χ1) is 10.9. The fourth-order valence-corrected chi connectivity index (χ4v) is 2.87. The molecule has 4 rings (SSSR count). The third kappa shape index (κ3) is 2.98. The highest BCUT2D eigenvalue weighted by molar-refractivity contribution is 5.52. The lowest BCUT2D eigenvalue weighted by Gasteiger charge is -2.36. The molecule has 1 N–H and O–H groups in total. The summed E-state index contributed by atoms with van der Waals surface area (Å²) in [5.74, 6) is 1.99.